The van der Waals surface area contributed by atoms with Crippen LogP contribution < -0.4 is 15.4 Å². The van der Waals surface area contributed by atoms with E-state index in [9.17, 15) is 0 Å². The van der Waals surface area contributed by atoms with Crippen LogP contribution in [0.2, 0.25) is 0 Å². The number of para-hydroxylation sites is 1. The number of hydrogen-bond acceptors (Lipinski definition) is 2. The lowest BCUT2D eigenvalue weighted by Crippen LogP contribution is -2.42. The highest BCUT2D eigenvalue weighted by atomic mass is 32.1. The molecule has 0 saturated carbocycles. The Morgan fingerprint density at radius 1 is 1.12 bits per heavy atom. The average Bonchev–Trinajstić information content (AvgIpc) is 2.44. The summed E-state index contributed by atoms with van der Waals surface area (Å²) in [5.74, 6) is 0.931. The fourth-order valence-corrected chi connectivity index (χ4v) is 3.56. The zero-order valence-electron chi connectivity index (χ0n) is 14.6. The van der Waals surface area contributed by atoms with Gasteiger partial charge in [-0.25, -0.2) is 0 Å². The lowest BCUT2D eigenvalue weighted by Gasteiger charge is -2.38. The molecule has 0 aromatic heterocycles. The van der Waals surface area contributed by atoms with Crippen molar-refractivity contribution in [2.75, 3.05) is 5.32 Å². The van der Waals surface area contributed by atoms with E-state index in [-0.39, 0.29) is 11.6 Å². The summed E-state index contributed by atoms with van der Waals surface area (Å²) in [5.41, 5.74) is 4.39. The number of ether oxygens (including phenoxy) is 1. The molecule has 1 aliphatic heterocycles. The lowest BCUT2D eigenvalue weighted by atomic mass is 9.90. The van der Waals surface area contributed by atoms with E-state index in [4.69, 9.17) is 17.0 Å². The van der Waals surface area contributed by atoms with Gasteiger partial charge in [-0.1, -0.05) is 24.3 Å². The normalized spacial score (nSPS) is 18.2. The van der Waals surface area contributed by atoms with E-state index in [0.717, 1.165) is 23.4 Å². The molecule has 3 nitrogen and oxygen atoms in total. The maximum absolute atomic E-state index is 6.08. The monoisotopic (exact) mass is 340 g/mol. The van der Waals surface area contributed by atoms with E-state index in [1.165, 1.54) is 11.1 Å². The van der Waals surface area contributed by atoms with Crippen molar-refractivity contribution in [2.45, 2.75) is 45.8 Å². The van der Waals surface area contributed by atoms with Crippen molar-refractivity contribution in [1.82, 2.24) is 5.32 Å². The number of anilines is 1. The SMILES string of the molecule is Cc1cc(C)cc(NC(=S)NC2CC(C)(C)Oc3ccccc32)c1. The number of fused-ring (bicyclic) bond motifs is 1. The lowest BCUT2D eigenvalue weighted by molar-refractivity contribution is 0.0697. The molecule has 1 aliphatic rings. The fraction of sp³-hybridized carbons (Fsp3) is 0.350. The van der Waals surface area contributed by atoms with Gasteiger partial charge in [0.25, 0.3) is 0 Å². The Kier molecular flexibility index (Phi) is 4.50. The fourth-order valence-electron chi connectivity index (χ4n) is 3.30. The summed E-state index contributed by atoms with van der Waals surface area (Å²) >= 11 is 5.54. The molecule has 0 bridgehead atoms. The molecule has 0 spiro atoms. The van der Waals surface area contributed by atoms with E-state index < -0.39 is 0 Å². The average molecular weight is 340 g/mol. The number of nitrogens with one attached hydrogen (secondary N) is 2. The van der Waals surface area contributed by atoms with Crippen LogP contribution in [0.1, 0.15) is 43.0 Å². The molecular weight excluding hydrogens is 316 g/mol. The van der Waals surface area contributed by atoms with Gasteiger partial charge in [0, 0.05) is 17.7 Å². The van der Waals surface area contributed by atoms with Crippen LogP contribution in [0.25, 0.3) is 0 Å². The molecule has 1 atom stereocenters. The highest BCUT2D eigenvalue weighted by molar-refractivity contribution is 7.80. The molecule has 24 heavy (non-hydrogen) atoms. The third kappa shape index (κ3) is 3.88. The van der Waals surface area contributed by atoms with Crippen LogP contribution in [-0.4, -0.2) is 10.7 Å². The molecule has 3 rings (SSSR count). The van der Waals surface area contributed by atoms with Crippen molar-refractivity contribution in [3.05, 3.63) is 59.2 Å². The van der Waals surface area contributed by atoms with Gasteiger partial charge in [-0.15, -0.1) is 0 Å². The standard InChI is InChI=1S/C20H24N2OS/c1-13-9-14(2)11-15(10-13)21-19(24)22-17-12-20(3,4)23-18-8-6-5-7-16(17)18/h5-11,17H,12H2,1-4H3,(H2,21,22,24). The minimum Gasteiger partial charge on any atom is -0.487 e. The predicted octanol–water partition coefficient (Wildman–Crippen LogP) is 4.89. The van der Waals surface area contributed by atoms with Gasteiger partial charge in [-0.05, 0) is 69.2 Å². The van der Waals surface area contributed by atoms with E-state index >= 15 is 0 Å². The van der Waals surface area contributed by atoms with E-state index in [0.29, 0.717) is 5.11 Å². The molecule has 0 amide bonds. The van der Waals surface area contributed by atoms with Gasteiger partial charge in [0.15, 0.2) is 5.11 Å². The molecule has 126 valence electrons. The summed E-state index contributed by atoms with van der Waals surface area (Å²) in [6.45, 7) is 8.40. The summed E-state index contributed by atoms with van der Waals surface area (Å²) in [5, 5.41) is 7.40. The van der Waals surface area contributed by atoms with Crippen LogP contribution in [0.5, 0.6) is 5.75 Å². The topological polar surface area (TPSA) is 33.3 Å². The summed E-state index contributed by atoms with van der Waals surface area (Å²) in [7, 11) is 0. The molecule has 2 aromatic rings. The van der Waals surface area contributed by atoms with Crippen LogP contribution in [0, 0.1) is 13.8 Å². The Balaban J connectivity index is 1.76. The molecule has 0 saturated heterocycles. The van der Waals surface area contributed by atoms with Gasteiger partial charge in [-0.3, -0.25) is 0 Å². The minimum absolute atomic E-state index is 0.135. The molecular formula is C20H24N2OS. The maximum atomic E-state index is 6.08. The van der Waals surface area contributed by atoms with Crippen molar-refractivity contribution in [3.63, 3.8) is 0 Å². The Morgan fingerprint density at radius 2 is 1.79 bits per heavy atom. The molecule has 2 aromatic carbocycles. The van der Waals surface area contributed by atoms with Crippen molar-refractivity contribution in [3.8, 4) is 5.75 Å². The van der Waals surface area contributed by atoms with Crippen molar-refractivity contribution in [1.29, 1.82) is 0 Å². The quantitative estimate of drug-likeness (QED) is 0.763. The number of benzene rings is 2. The van der Waals surface area contributed by atoms with E-state index in [1.807, 2.05) is 18.2 Å². The number of rotatable bonds is 2. The first kappa shape index (κ1) is 16.8. The van der Waals surface area contributed by atoms with Gasteiger partial charge >= 0.3 is 0 Å². The largest absolute Gasteiger partial charge is 0.487 e. The van der Waals surface area contributed by atoms with E-state index in [2.05, 4.69) is 62.6 Å². The second-order valence-corrected chi connectivity index (χ2v) is 7.54. The summed E-state index contributed by atoms with van der Waals surface area (Å²) in [6, 6.07) is 14.6. The zero-order valence-corrected chi connectivity index (χ0v) is 15.5. The first-order valence-corrected chi connectivity index (χ1v) is 8.67. The van der Waals surface area contributed by atoms with Crippen LogP contribution in [-0.2, 0) is 0 Å². The second-order valence-electron chi connectivity index (χ2n) is 7.13. The third-order valence-electron chi connectivity index (χ3n) is 4.16. The number of hydrogen-bond donors (Lipinski definition) is 2. The van der Waals surface area contributed by atoms with Gasteiger partial charge in [0.05, 0.1) is 6.04 Å². The Labute approximate surface area is 149 Å². The summed E-state index contributed by atoms with van der Waals surface area (Å²) < 4.78 is 6.08. The second kappa shape index (κ2) is 6.44. The molecule has 0 aliphatic carbocycles. The first-order valence-electron chi connectivity index (χ1n) is 8.26. The minimum atomic E-state index is -0.221. The molecule has 0 radical (unpaired) electrons. The van der Waals surface area contributed by atoms with E-state index in [1.54, 1.807) is 0 Å². The highest BCUT2D eigenvalue weighted by Gasteiger charge is 2.33. The van der Waals surface area contributed by atoms with Crippen LogP contribution >= 0.6 is 12.2 Å². The molecule has 1 heterocycles. The summed E-state index contributed by atoms with van der Waals surface area (Å²) in [6.07, 6.45) is 0.860. The smallest absolute Gasteiger partial charge is 0.171 e. The number of aryl methyl sites for hydroxylation is 2. The third-order valence-corrected chi connectivity index (χ3v) is 4.38. The van der Waals surface area contributed by atoms with Crippen LogP contribution in [0.3, 0.4) is 0 Å². The summed E-state index contributed by atoms with van der Waals surface area (Å²) in [4.78, 5) is 0. The van der Waals surface area contributed by atoms with Crippen molar-refractivity contribution >= 4 is 23.0 Å². The van der Waals surface area contributed by atoms with Gasteiger partial charge in [0.1, 0.15) is 11.4 Å². The molecule has 2 N–H and O–H groups in total. The number of thiocarbonyl (C=S) groups is 1. The maximum Gasteiger partial charge on any atom is 0.171 e. The van der Waals surface area contributed by atoms with Crippen molar-refractivity contribution < 1.29 is 4.74 Å². The van der Waals surface area contributed by atoms with Gasteiger partial charge < -0.3 is 15.4 Å². The molecule has 1 unspecified atom stereocenters. The molecule has 4 heteroatoms. The Bertz CT molecular complexity index is 750. The van der Waals surface area contributed by atoms with Crippen LogP contribution in [0.15, 0.2) is 42.5 Å². The molecule has 0 fully saturated rings. The van der Waals surface area contributed by atoms with Crippen molar-refractivity contribution in [2.24, 2.45) is 0 Å². The Morgan fingerprint density at radius 3 is 2.50 bits per heavy atom. The highest BCUT2D eigenvalue weighted by Crippen LogP contribution is 2.39. The van der Waals surface area contributed by atoms with Crippen LogP contribution in [0.4, 0.5) is 5.69 Å². The van der Waals surface area contributed by atoms with Gasteiger partial charge in [-0.2, -0.15) is 0 Å². The first-order chi connectivity index (χ1) is 11.3. The zero-order chi connectivity index (χ0) is 17.3. The Hall–Kier alpha value is -2.07. The predicted molar refractivity (Wildman–Crippen MR) is 104 cm³/mol. The van der Waals surface area contributed by atoms with Gasteiger partial charge in [0.2, 0.25) is 0 Å².